The summed E-state index contributed by atoms with van der Waals surface area (Å²) in [5.41, 5.74) is -0.0368. The number of carboxylic acids is 1. The van der Waals surface area contributed by atoms with Crippen molar-refractivity contribution in [2.24, 2.45) is 11.8 Å². The number of phenolic OH excluding ortho intramolecular Hbond substituents is 2. The first kappa shape index (κ1) is 15.0. The van der Waals surface area contributed by atoms with Gasteiger partial charge in [-0.3, -0.25) is 9.59 Å². The van der Waals surface area contributed by atoms with E-state index in [-0.39, 0.29) is 17.4 Å². The van der Waals surface area contributed by atoms with Crippen LogP contribution in [0.25, 0.3) is 0 Å². The second kappa shape index (κ2) is 4.98. The molecule has 2 bridgehead atoms. The van der Waals surface area contributed by atoms with E-state index < -0.39 is 29.5 Å². The van der Waals surface area contributed by atoms with Crippen molar-refractivity contribution in [3.05, 3.63) is 35.9 Å². The van der Waals surface area contributed by atoms with E-state index >= 15 is 0 Å². The standard InChI is InChI=1S/C17H17NO6/c19-10-2-1-9(7-11(10)20)4-6-18-8-17-5-3-12(24-17)13(16(22)23)14(17)15(18)21/h1-3,5,7,12-14,19-20H,4,6,8H2,(H,22,23). The van der Waals surface area contributed by atoms with Crippen LogP contribution in [0.5, 0.6) is 11.5 Å². The fourth-order valence-electron chi connectivity index (χ4n) is 4.04. The molecule has 2 fully saturated rings. The average molecular weight is 331 g/mol. The van der Waals surface area contributed by atoms with Crippen molar-refractivity contribution in [1.82, 2.24) is 4.90 Å². The van der Waals surface area contributed by atoms with Crippen LogP contribution in [0.3, 0.4) is 0 Å². The van der Waals surface area contributed by atoms with Crippen molar-refractivity contribution >= 4 is 11.9 Å². The molecule has 1 spiro atoms. The Labute approximate surface area is 137 Å². The third-order valence-corrected chi connectivity index (χ3v) is 5.17. The van der Waals surface area contributed by atoms with Gasteiger partial charge in [-0.1, -0.05) is 18.2 Å². The van der Waals surface area contributed by atoms with Crippen LogP contribution < -0.4 is 0 Å². The Morgan fingerprint density at radius 2 is 2.12 bits per heavy atom. The van der Waals surface area contributed by atoms with Crippen LogP contribution in [0.1, 0.15) is 5.56 Å². The van der Waals surface area contributed by atoms with Gasteiger partial charge in [-0.25, -0.2) is 0 Å². The number of nitrogens with zero attached hydrogens (tertiary/aromatic N) is 1. The molecule has 1 aromatic carbocycles. The monoisotopic (exact) mass is 331 g/mol. The summed E-state index contributed by atoms with van der Waals surface area (Å²) in [5, 5.41) is 28.3. The fourth-order valence-corrected chi connectivity index (χ4v) is 4.04. The van der Waals surface area contributed by atoms with Gasteiger partial charge in [-0.2, -0.15) is 0 Å². The molecular formula is C17H17NO6. The molecule has 1 aromatic rings. The summed E-state index contributed by atoms with van der Waals surface area (Å²) in [7, 11) is 0. The minimum absolute atomic E-state index is 0.191. The molecule has 3 aliphatic rings. The minimum atomic E-state index is -1.00. The van der Waals surface area contributed by atoms with E-state index in [1.165, 1.54) is 12.1 Å². The van der Waals surface area contributed by atoms with E-state index in [1.807, 2.05) is 6.08 Å². The quantitative estimate of drug-likeness (QED) is 0.548. The first-order valence-corrected chi connectivity index (χ1v) is 7.81. The summed E-state index contributed by atoms with van der Waals surface area (Å²) < 4.78 is 5.82. The van der Waals surface area contributed by atoms with Crippen molar-refractivity contribution in [1.29, 1.82) is 0 Å². The summed E-state index contributed by atoms with van der Waals surface area (Å²) in [6.07, 6.45) is 3.54. The summed E-state index contributed by atoms with van der Waals surface area (Å²) in [5.74, 6) is -3.09. The molecule has 0 aliphatic carbocycles. The van der Waals surface area contributed by atoms with Crippen molar-refractivity contribution in [3.63, 3.8) is 0 Å². The van der Waals surface area contributed by atoms with E-state index in [0.717, 1.165) is 5.56 Å². The molecule has 4 unspecified atom stereocenters. The van der Waals surface area contributed by atoms with Gasteiger partial charge in [0.25, 0.3) is 0 Å². The molecule has 7 nitrogen and oxygen atoms in total. The van der Waals surface area contributed by atoms with Crippen LogP contribution >= 0.6 is 0 Å². The maximum absolute atomic E-state index is 12.7. The van der Waals surface area contributed by atoms with Gasteiger partial charge in [0.05, 0.1) is 18.6 Å². The molecule has 3 heterocycles. The van der Waals surface area contributed by atoms with E-state index in [0.29, 0.717) is 19.5 Å². The number of carbonyl (C=O) groups excluding carboxylic acids is 1. The van der Waals surface area contributed by atoms with Crippen LogP contribution in [-0.4, -0.2) is 56.9 Å². The highest BCUT2D eigenvalue weighted by Gasteiger charge is 2.66. The summed E-state index contributed by atoms with van der Waals surface area (Å²) >= 11 is 0. The molecule has 2 saturated heterocycles. The molecule has 0 radical (unpaired) electrons. The zero-order chi connectivity index (χ0) is 17.1. The number of aliphatic carboxylic acids is 1. The van der Waals surface area contributed by atoms with Crippen molar-refractivity contribution in [3.8, 4) is 11.5 Å². The molecule has 0 aromatic heterocycles. The summed E-state index contributed by atoms with van der Waals surface area (Å²) in [6.45, 7) is 0.743. The predicted octanol–water partition coefficient (Wildman–Crippen LogP) is 0.507. The Bertz CT molecular complexity index is 759. The van der Waals surface area contributed by atoms with Gasteiger partial charge >= 0.3 is 5.97 Å². The molecule has 1 amide bonds. The topological polar surface area (TPSA) is 107 Å². The lowest BCUT2D eigenvalue weighted by atomic mass is 9.77. The smallest absolute Gasteiger partial charge is 0.310 e. The van der Waals surface area contributed by atoms with Gasteiger partial charge in [-0.15, -0.1) is 0 Å². The van der Waals surface area contributed by atoms with Gasteiger partial charge in [0.1, 0.15) is 11.5 Å². The Hall–Kier alpha value is -2.54. The molecular weight excluding hydrogens is 314 g/mol. The van der Waals surface area contributed by atoms with Crippen LogP contribution in [0.2, 0.25) is 0 Å². The second-order valence-electron chi connectivity index (χ2n) is 6.57. The van der Waals surface area contributed by atoms with Gasteiger partial charge in [0.15, 0.2) is 11.5 Å². The molecule has 3 N–H and O–H groups in total. The maximum atomic E-state index is 12.7. The van der Waals surface area contributed by atoms with Crippen LogP contribution in [-0.2, 0) is 20.7 Å². The number of benzene rings is 1. The number of likely N-dealkylation sites (tertiary alicyclic amines) is 1. The zero-order valence-electron chi connectivity index (χ0n) is 12.8. The highest BCUT2D eigenvalue weighted by molar-refractivity contribution is 5.90. The number of fused-ring (bicyclic) bond motifs is 1. The number of hydrogen-bond donors (Lipinski definition) is 3. The Morgan fingerprint density at radius 3 is 2.83 bits per heavy atom. The number of amides is 1. The SMILES string of the molecule is O=C(O)C1C2C=CC3(CN(CCc4ccc(O)c(O)c4)C(=O)C13)O2. The number of aromatic hydroxyl groups is 2. The minimum Gasteiger partial charge on any atom is -0.504 e. The lowest BCUT2D eigenvalue weighted by Crippen LogP contribution is -2.39. The fraction of sp³-hybridized carbons (Fsp3) is 0.412. The van der Waals surface area contributed by atoms with Crippen molar-refractivity contribution < 1.29 is 29.6 Å². The molecule has 126 valence electrons. The Morgan fingerprint density at radius 1 is 1.33 bits per heavy atom. The first-order valence-electron chi connectivity index (χ1n) is 7.81. The molecule has 0 saturated carbocycles. The van der Waals surface area contributed by atoms with Crippen LogP contribution in [0, 0.1) is 11.8 Å². The second-order valence-corrected chi connectivity index (χ2v) is 6.57. The van der Waals surface area contributed by atoms with E-state index in [1.54, 1.807) is 17.0 Å². The molecule has 24 heavy (non-hydrogen) atoms. The highest BCUT2D eigenvalue weighted by Crippen LogP contribution is 2.51. The van der Waals surface area contributed by atoms with Gasteiger partial charge in [0.2, 0.25) is 5.91 Å². The number of carbonyl (C=O) groups is 2. The number of ether oxygens (including phenoxy) is 1. The van der Waals surface area contributed by atoms with E-state index in [4.69, 9.17) is 4.74 Å². The number of hydrogen-bond acceptors (Lipinski definition) is 5. The third kappa shape index (κ3) is 2.01. The third-order valence-electron chi connectivity index (χ3n) is 5.17. The van der Waals surface area contributed by atoms with Crippen LogP contribution in [0.15, 0.2) is 30.4 Å². The van der Waals surface area contributed by atoms with Crippen LogP contribution in [0.4, 0.5) is 0 Å². The van der Waals surface area contributed by atoms with Crippen molar-refractivity contribution in [2.75, 3.05) is 13.1 Å². The lowest BCUT2D eigenvalue weighted by Gasteiger charge is -2.21. The van der Waals surface area contributed by atoms with E-state index in [2.05, 4.69) is 0 Å². The first-order chi connectivity index (χ1) is 11.4. The Balaban J connectivity index is 1.50. The van der Waals surface area contributed by atoms with Gasteiger partial charge in [-0.05, 0) is 24.1 Å². The summed E-state index contributed by atoms with van der Waals surface area (Å²) in [6, 6.07) is 4.53. The molecule has 7 heteroatoms. The molecule has 4 atom stereocenters. The number of carboxylic acid groups (broad SMARTS) is 1. The van der Waals surface area contributed by atoms with E-state index in [9.17, 15) is 24.9 Å². The lowest BCUT2D eigenvalue weighted by molar-refractivity contribution is -0.148. The predicted molar refractivity (Wildman–Crippen MR) is 81.4 cm³/mol. The summed E-state index contributed by atoms with van der Waals surface area (Å²) in [4.78, 5) is 25.8. The zero-order valence-corrected chi connectivity index (χ0v) is 12.8. The maximum Gasteiger partial charge on any atom is 0.310 e. The highest BCUT2D eigenvalue weighted by atomic mass is 16.5. The number of rotatable bonds is 4. The number of phenols is 2. The molecule has 4 rings (SSSR count). The van der Waals surface area contributed by atoms with Crippen molar-refractivity contribution in [2.45, 2.75) is 18.1 Å². The van der Waals surface area contributed by atoms with Gasteiger partial charge in [0, 0.05) is 6.54 Å². The van der Waals surface area contributed by atoms with Gasteiger partial charge < -0.3 is 25.0 Å². The molecule has 3 aliphatic heterocycles. The Kier molecular flexibility index (Phi) is 3.11. The largest absolute Gasteiger partial charge is 0.504 e. The normalized spacial score (nSPS) is 33.2. The average Bonchev–Trinajstić information content (AvgIpc) is 3.17.